The number of hydrogen-bond donors (Lipinski definition) is 0. The molecule has 0 aromatic rings. The van der Waals surface area contributed by atoms with E-state index in [2.05, 4.69) is 32.7 Å². The molecule has 24 heavy (non-hydrogen) atoms. The Labute approximate surface area is 143 Å². The van der Waals surface area contributed by atoms with Gasteiger partial charge in [-0.2, -0.15) is 19.2 Å². The maximum Gasteiger partial charge on any atom is 0.424 e. The van der Waals surface area contributed by atoms with Crippen LogP contribution in [-0.4, -0.2) is 53.1 Å². The average Bonchev–Trinajstić information content (AvgIpc) is 2.78. The van der Waals surface area contributed by atoms with Crippen molar-refractivity contribution < 1.29 is 28.7 Å². The summed E-state index contributed by atoms with van der Waals surface area (Å²) in [5.41, 5.74) is 0. The smallest absolute Gasteiger partial charge is 0.424 e. The number of carbonyl (C=O) groups is 1. The van der Waals surface area contributed by atoms with Gasteiger partial charge in [-0.1, -0.05) is 13.3 Å². The highest BCUT2D eigenvalue weighted by Gasteiger charge is 2.41. The van der Waals surface area contributed by atoms with Crippen LogP contribution in [0.15, 0.2) is 0 Å². The van der Waals surface area contributed by atoms with Crippen LogP contribution in [0.1, 0.15) is 54.4 Å². The Bertz CT molecular complexity index is 414. The number of rotatable bonds is 4. The molecule has 1 saturated heterocycles. The van der Waals surface area contributed by atoms with Crippen LogP contribution in [-0.2, 0) is 23.9 Å². The van der Waals surface area contributed by atoms with Gasteiger partial charge in [-0.15, -0.1) is 0 Å². The van der Waals surface area contributed by atoms with E-state index in [9.17, 15) is 4.79 Å². The van der Waals surface area contributed by atoms with Crippen molar-refractivity contribution in [1.82, 2.24) is 10.0 Å². The SMILES string of the molecule is CCC[C@H]1CN(C(=O)OC(C)C)N(C(C)C)[C@@H]1C.O=C=O.O=C=O. The van der Waals surface area contributed by atoms with Crippen LogP contribution in [0.2, 0.25) is 0 Å². The highest BCUT2D eigenvalue weighted by Crippen LogP contribution is 2.30. The van der Waals surface area contributed by atoms with E-state index in [0.717, 1.165) is 19.4 Å². The molecule has 8 nitrogen and oxygen atoms in total. The van der Waals surface area contributed by atoms with E-state index in [-0.39, 0.29) is 24.5 Å². The second kappa shape index (κ2) is 13.4. The molecular formula is C16H28N2O6. The molecule has 0 aliphatic carbocycles. The van der Waals surface area contributed by atoms with Gasteiger partial charge < -0.3 is 4.74 Å². The van der Waals surface area contributed by atoms with Crippen LogP contribution in [0, 0.1) is 5.92 Å². The fourth-order valence-corrected chi connectivity index (χ4v) is 2.79. The first kappa shape index (κ1) is 24.2. The number of hydrazine groups is 1. The van der Waals surface area contributed by atoms with Crippen LogP contribution in [0.3, 0.4) is 0 Å². The Hall–Kier alpha value is -2.01. The molecule has 0 aromatic carbocycles. The zero-order valence-corrected chi connectivity index (χ0v) is 15.3. The molecule has 0 unspecified atom stereocenters. The normalized spacial score (nSPS) is 19.6. The van der Waals surface area contributed by atoms with Gasteiger partial charge >= 0.3 is 18.4 Å². The van der Waals surface area contributed by atoms with Gasteiger partial charge in [-0.25, -0.2) is 14.8 Å². The number of ether oxygens (including phenoxy) is 1. The fraction of sp³-hybridized carbons (Fsp3) is 0.812. The minimum Gasteiger partial charge on any atom is -0.446 e. The van der Waals surface area contributed by atoms with E-state index in [0.29, 0.717) is 18.0 Å². The number of nitrogens with zero attached hydrogens (tertiary/aromatic N) is 2. The lowest BCUT2D eigenvalue weighted by Crippen LogP contribution is -2.48. The Balaban J connectivity index is 0. The predicted molar refractivity (Wildman–Crippen MR) is 83.2 cm³/mol. The molecule has 1 fully saturated rings. The summed E-state index contributed by atoms with van der Waals surface area (Å²) in [7, 11) is 0. The summed E-state index contributed by atoms with van der Waals surface area (Å²) >= 11 is 0. The standard InChI is InChI=1S/C14H28N2O2.2CO2/c1-7-8-13-9-15(14(17)18-11(4)5)16(10(2)3)12(13)6;2*2-1-3/h10-13H,7-9H2,1-6H3;;/t12-,13+;;/m1../s1. The van der Waals surface area contributed by atoms with E-state index >= 15 is 0 Å². The van der Waals surface area contributed by atoms with Crippen molar-refractivity contribution in [2.24, 2.45) is 5.92 Å². The van der Waals surface area contributed by atoms with Crippen LogP contribution in [0.25, 0.3) is 0 Å². The van der Waals surface area contributed by atoms with Gasteiger partial charge in [0.05, 0.1) is 6.10 Å². The van der Waals surface area contributed by atoms with Gasteiger partial charge in [0.1, 0.15) is 0 Å². The first-order valence-corrected chi connectivity index (χ1v) is 7.96. The topological polar surface area (TPSA) is 101 Å². The van der Waals surface area contributed by atoms with E-state index in [1.807, 2.05) is 13.8 Å². The van der Waals surface area contributed by atoms with Crippen LogP contribution in [0.5, 0.6) is 0 Å². The highest BCUT2D eigenvalue weighted by atomic mass is 16.6. The summed E-state index contributed by atoms with van der Waals surface area (Å²) in [6.07, 6.45) is 2.56. The molecule has 0 aromatic heterocycles. The van der Waals surface area contributed by atoms with Gasteiger partial charge in [-0.3, -0.25) is 0 Å². The average molecular weight is 344 g/mol. The lowest BCUT2D eigenvalue weighted by molar-refractivity contribution is -0.193. The molecule has 0 spiro atoms. The molecule has 138 valence electrons. The molecule has 1 aliphatic heterocycles. The zero-order chi connectivity index (χ0) is 19.3. The van der Waals surface area contributed by atoms with Crippen LogP contribution < -0.4 is 0 Å². The third-order valence-corrected chi connectivity index (χ3v) is 3.52. The van der Waals surface area contributed by atoms with Crippen molar-refractivity contribution in [2.45, 2.75) is 72.6 Å². The fourth-order valence-electron chi connectivity index (χ4n) is 2.79. The Morgan fingerprint density at radius 3 is 1.92 bits per heavy atom. The Morgan fingerprint density at radius 1 is 1.12 bits per heavy atom. The summed E-state index contributed by atoms with van der Waals surface area (Å²) < 4.78 is 5.33. The van der Waals surface area contributed by atoms with Crippen LogP contribution in [0.4, 0.5) is 4.79 Å². The molecule has 1 amide bonds. The summed E-state index contributed by atoms with van der Waals surface area (Å²) in [6, 6.07) is 0.728. The third-order valence-electron chi connectivity index (χ3n) is 3.52. The quantitative estimate of drug-likeness (QED) is 0.769. The zero-order valence-electron chi connectivity index (χ0n) is 15.3. The second-order valence-corrected chi connectivity index (χ2v) is 5.94. The monoisotopic (exact) mass is 344 g/mol. The van der Waals surface area contributed by atoms with Gasteiger partial charge in [0.2, 0.25) is 0 Å². The minimum absolute atomic E-state index is 0.0629. The van der Waals surface area contributed by atoms with Crippen molar-refractivity contribution in [1.29, 1.82) is 0 Å². The molecule has 0 saturated carbocycles. The largest absolute Gasteiger partial charge is 0.446 e. The number of hydrogen-bond acceptors (Lipinski definition) is 7. The maximum absolute atomic E-state index is 12.1. The molecular weight excluding hydrogens is 316 g/mol. The Kier molecular flexibility index (Phi) is 13.6. The van der Waals surface area contributed by atoms with Crippen molar-refractivity contribution in [3.63, 3.8) is 0 Å². The predicted octanol–water partition coefficient (Wildman–Crippen LogP) is 2.11. The first-order chi connectivity index (χ1) is 11.2. The minimum atomic E-state index is -0.204. The molecule has 1 aliphatic rings. The van der Waals surface area contributed by atoms with Gasteiger partial charge in [-0.05, 0) is 47.0 Å². The summed E-state index contributed by atoms with van der Waals surface area (Å²) in [5, 5.41) is 3.97. The van der Waals surface area contributed by atoms with E-state index in [1.54, 1.807) is 5.01 Å². The van der Waals surface area contributed by atoms with Gasteiger partial charge in [0, 0.05) is 18.6 Å². The summed E-state index contributed by atoms with van der Waals surface area (Å²) in [5.74, 6) is 0.553. The first-order valence-electron chi connectivity index (χ1n) is 7.96. The van der Waals surface area contributed by atoms with Crippen molar-refractivity contribution in [3.8, 4) is 0 Å². The Morgan fingerprint density at radius 2 is 1.58 bits per heavy atom. The van der Waals surface area contributed by atoms with Gasteiger partial charge in [0.15, 0.2) is 0 Å². The van der Waals surface area contributed by atoms with Crippen molar-refractivity contribution >= 4 is 18.4 Å². The maximum atomic E-state index is 12.1. The molecule has 8 heteroatoms. The molecule has 0 N–H and O–H groups in total. The summed E-state index contributed by atoms with van der Waals surface area (Å²) in [4.78, 5) is 44.6. The van der Waals surface area contributed by atoms with Crippen LogP contribution >= 0.6 is 0 Å². The number of amides is 1. The van der Waals surface area contributed by atoms with Crippen molar-refractivity contribution in [3.05, 3.63) is 0 Å². The van der Waals surface area contributed by atoms with Gasteiger partial charge in [0.25, 0.3) is 0 Å². The molecule has 2 atom stereocenters. The second-order valence-electron chi connectivity index (χ2n) is 5.94. The lowest BCUT2D eigenvalue weighted by atomic mass is 9.97. The third kappa shape index (κ3) is 8.58. The van der Waals surface area contributed by atoms with E-state index < -0.39 is 0 Å². The van der Waals surface area contributed by atoms with Crippen molar-refractivity contribution in [2.75, 3.05) is 6.54 Å². The summed E-state index contributed by atoms with van der Waals surface area (Å²) in [6.45, 7) is 13.2. The molecule has 1 heterocycles. The molecule has 1 rings (SSSR count). The lowest BCUT2D eigenvalue weighted by Gasteiger charge is -2.34. The number of carbonyl (C=O) groups excluding carboxylic acids is 5. The molecule has 0 bridgehead atoms. The highest BCUT2D eigenvalue weighted by molar-refractivity contribution is 5.67. The van der Waals surface area contributed by atoms with E-state index in [1.165, 1.54) is 0 Å². The van der Waals surface area contributed by atoms with E-state index in [4.69, 9.17) is 23.9 Å². The molecule has 0 radical (unpaired) electrons.